The molecule has 3 rings (SSSR count). The minimum Gasteiger partial charge on any atom is -0.383 e. The fraction of sp³-hybridized carbons (Fsp3) is 0.214. The molecule has 2 aromatic heterocycles. The molecule has 0 atom stereocenters. The third kappa shape index (κ3) is 2.00. The Morgan fingerprint density at radius 1 is 1.30 bits per heavy atom. The standard InChI is InChI=1S/C14H14ClN5/c1-8(2)12-11(9-4-3-5-10(15)6-9)13(16)20-14(19-12)17-7-18-20/h3-8H,16H2,1-2H3. The monoisotopic (exact) mass is 287 g/mol. The van der Waals surface area contributed by atoms with Crippen LogP contribution in [0, 0.1) is 0 Å². The van der Waals surface area contributed by atoms with Gasteiger partial charge in [0.1, 0.15) is 12.1 Å². The summed E-state index contributed by atoms with van der Waals surface area (Å²) in [7, 11) is 0. The maximum atomic E-state index is 6.26. The van der Waals surface area contributed by atoms with E-state index in [9.17, 15) is 0 Å². The normalized spacial score (nSPS) is 11.4. The van der Waals surface area contributed by atoms with Crippen molar-refractivity contribution in [1.82, 2.24) is 19.6 Å². The molecule has 0 saturated heterocycles. The predicted molar refractivity (Wildman–Crippen MR) is 79.7 cm³/mol. The van der Waals surface area contributed by atoms with E-state index in [-0.39, 0.29) is 5.92 Å². The summed E-state index contributed by atoms with van der Waals surface area (Å²) in [4.78, 5) is 8.68. The zero-order valence-corrected chi connectivity index (χ0v) is 12.0. The number of hydrogen-bond donors (Lipinski definition) is 1. The van der Waals surface area contributed by atoms with Crippen molar-refractivity contribution >= 4 is 23.2 Å². The molecule has 2 N–H and O–H groups in total. The van der Waals surface area contributed by atoms with Gasteiger partial charge in [-0.25, -0.2) is 4.98 Å². The number of nitrogens with two attached hydrogens (primary N) is 1. The van der Waals surface area contributed by atoms with Crippen molar-refractivity contribution in [2.45, 2.75) is 19.8 Å². The zero-order valence-electron chi connectivity index (χ0n) is 11.2. The van der Waals surface area contributed by atoms with Crippen LogP contribution in [0.1, 0.15) is 25.5 Å². The van der Waals surface area contributed by atoms with Crippen LogP contribution in [-0.4, -0.2) is 19.6 Å². The van der Waals surface area contributed by atoms with Crippen LogP contribution in [0.4, 0.5) is 5.82 Å². The third-order valence-electron chi connectivity index (χ3n) is 3.15. The van der Waals surface area contributed by atoms with Crippen molar-refractivity contribution in [3.63, 3.8) is 0 Å². The Hall–Kier alpha value is -2.14. The van der Waals surface area contributed by atoms with Crippen LogP contribution in [0.5, 0.6) is 0 Å². The van der Waals surface area contributed by atoms with Crippen LogP contribution >= 0.6 is 11.6 Å². The lowest BCUT2D eigenvalue weighted by atomic mass is 9.98. The van der Waals surface area contributed by atoms with Gasteiger partial charge in [0.15, 0.2) is 0 Å². The molecule has 20 heavy (non-hydrogen) atoms. The lowest BCUT2D eigenvalue weighted by Crippen LogP contribution is -2.08. The largest absolute Gasteiger partial charge is 0.383 e. The number of aromatic nitrogens is 4. The fourth-order valence-electron chi connectivity index (χ4n) is 2.24. The molecule has 0 amide bonds. The summed E-state index contributed by atoms with van der Waals surface area (Å²) >= 11 is 6.08. The molecule has 0 aliphatic heterocycles. The smallest absolute Gasteiger partial charge is 0.254 e. The molecule has 0 bridgehead atoms. The first-order valence-corrected chi connectivity index (χ1v) is 6.70. The summed E-state index contributed by atoms with van der Waals surface area (Å²) in [5.74, 6) is 1.25. The summed E-state index contributed by atoms with van der Waals surface area (Å²) in [6, 6.07) is 7.57. The highest BCUT2D eigenvalue weighted by Crippen LogP contribution is 2.34. The van der Waals surface area contributed by atoms with E-state index in [0.717, 1.165) is 16.8 Å². The molecule has 0 radical (unpaired) electrons. The first kappa shape index (κ1) is 12.9. The Balaban J connectivity index is 2.37. The van der Waals surface area contributed by atoms with Crippen molar-refractivity contribution in [3.8, 4) is 11.1 Å². The molecule has 6 heteroatoms. The van der Waals surface area contributed by atoms with Gasteiger partial charge < -0.3 is 5.73 Å². The number of rotatable bonds is 2. The number of benzene rings is 1. The highest BCUT2D eigenvalue weighted by Gasteiger charge is 2.18. The molecule has 1 aromatic carbocycles. The van der Waals surface area contributed by atoms with Gasteiger partial charge in [0, 0.05) is 10.6 Å². The molecule has 0 aliphatic rings. The molecular formula is C14H14ClN5. The SMILES string of the molecule is CC(C)c1nc2ncnn2c(N)c1-c1cccc(Cl)c1. The lowest BCUT2D eigenvalue weighted by molar-refractivity contribution is 0.813. The molecule has 2 heterocycles. The summed E-state index contributed by atoms with van der Waals surface area (Å²) in [5, 5.41) is 4.77. The van der Waals surface area contributed by atoms with Crippen molar-refractivity contribution in [2.24, 2.45) is 0 Å². The predicted octanol–water partition coefficient (Wildman–Crippen LogP) is 3.15. The Labute approximate surface area is 121 Å². The summed E-state index contributed by atoms with van der Waals surface area (Å²) in [5.41, 5.74) is 8.95. The average molecular weight is 288 g/mol. The van der Waals surface area contributed by atoms with Gasteiger partial charge >= 0.3 is 0 Å². The van der Waals surface area contributed by atoms with Gasteiger partial charge in [-0.15, -0.1) is 0 Å². The van der Waals surface area contributed by atoms with Crippen molar-refractivity contribution in [1.29, 1.82) is 0 Å². The van der Waals surface area contributed by atoms with Crippen LogP contribution in [0.3, 0.4) is 0 Å². The third-order valence-corrected chi connectivity index (χ3v) is 3.39. The van der Waals surface area contributed by atoms with Crippen molar-refractivity contribution in [3.05, 3.63) is 41.3 Å². The molecular weight excluding hydrogens is 274 g/mol. The first-order chi connectivity index (χ1) is 9.58. The highest BCUT2D eigenvalue weighted by atomic mass is 35.5. The highest BCUT2D eigenvalue weighted by molar-refractivity contribution is 6.30. The van der Waals surface area contributed by atoms with Crippen LogP contribution in [0.15, 0.2) is 30.6 Å². The van der Waals surface area contributed by atoms with E-state index < -0.39 is 0 Å². The quantitative estimate of drug-likeness (QED) is 0.786. The topological polar surface area (TPSA) is 69.1 Å². The average Bonchev–Trinajstić information content (AvgIpc) is 2.87. The second-order valence-corrected chi connectivity index (χ2v) is 5.33. The van der Waals surface area contributed by atoms with Gasteiger partial charge in [-0.05, 0) is 23.6 Å². The van der Waals surface area contributed by atoms with Gasteiger partial charge in [-0.3, -0.25) is 0 Å². The van der Waals surface area contributed by atoms with Gasteiger partial charge in [-0.1, -0.05) is 37.6 Å². The Bertz CT molecular complexity index is 778. The number of nitrogens with zero attached hydrogens (tertiary/aromatic N) is 4. The molecule has 0 spiro atoms. The Kier molecular flexibility index (Phi) is 3.06. The zero-order chi connectivity index (χ0) is 14.3. The Morgan fingerprint density at radius 3 is 2.80 bits per heavy atom. The van der Waals surface area contributed by atoms with E-state index in [1.54, 1.807) is 4.52 Å². The fourth-order valence-corrected chi connectivity index (χ4v) is 2.43. The summed E-state index contributed by atoms with van der Waals surface area (Å²) < 4.78 is 1.54. The van der Waals surface area contributed by atoms with E-state index in [0.29, 0.717) is 16.6 Å². The number of hydrogen-bond acceptors (Lipinski definition) is 4. The molecule has 0 unspecified atom stereocenters. The molecule has 102 valence electrons. The van der Waals surface area contributed by atoms with Gasteiger partial charge in [0.05, 0.1) is 5.69 Å². The number of anilines is 1. The van der Waals surface area contributed by atoms with E-state index in [1.807, 2.05) is 24.3 Å². The van der Waals surface area contributed by atoms with Crippen molar-refractivity contribution < 1.29 is 0 Å². The van der Waals surface area contributed by atoms with Gasteiger partial charge in [0.25, 0.3) is 5.78 Å². The number of fused-ring (bicyclic) bond motifs is 1. The van der Waals surface area contributed by atoms with Crippen LogP contribution in [0.25, 0.3) is 16.9 Å². The maximum absolute atomic E-state index is 6.26. The second-order valence-electron chi connectivity index (χ2n) is 4.89. The van der Waals surface area contributed by atoms with E-state index >= 15 is 0 Å². The van der Waals surface area contributed by atoms with Gasteiger partial charge in [-0.2, -0.15) is 14.6 Å². The minimum absolute atomic E-state index is 0.216. The van der Waals surface area contributed by atoms with E-state index in [4.69, 9.17) is 17.3 Å². The van der Waals surface area contributed by atoms with E-state index in [2.05, 4.69) is 28.9 Å². The molecule has 0 aliphatic carbocycles. The Morgan fingerprint density at radius 2 is 2.10 bits per heavy atom. The number of nitrogen functional groups attached to an aromatic ring is 1. The first-order valence-electron chi connectivity index (χ1n) is 6.33. The summed E-state index contributed by atoms with van der Waals surface area (Å²) in [6.07, 6.45) is 1.45. The van der Waals surface area contributed by atoms with Crippen LogP contribution in [-0.2, 0) is 0 Å². The minimum atomic E-state index is 0.216. The van der Waals surface area contributed by atoms with Crippen LogP contribution < -0.4 is 5.73 Å². The lowest BCUT2D eigenvalue weighted by Gasteiger charge is -2.15. The van der Waals surface area contributed by atoms with E-state index in [1.165, 1.54) is 6.33 Å². The maximum Gasteiger partial charge on any atom is 0.254 e. The van der Waals surface area contributed by atoms with Gasteiger partial charge in [0.2, 0.25) is 0 Å². The molecule has 0 saturated carbocycles. The summed E-state index contributed by atoms with van der Waals surface area (Å²) in [6.45, 7) is 4.14. The molecule has 5 nitrogen and oxygen atoms in total. The number of halogens is 1. The molecule has 0 fully saturated rings. The molecule has 3 aromatic rings. The van der Waals surface area contributed by atoms with Crippen molar-refractivity contribution in [2.75, 3.05) is 5.73 Å². The van der Waals surface area contributed by atoms with Crippen LogP contribution in [0.2, 0.25) is 5.02 Å². The second kappa shape index (κ2) is 4.76.